The van der Waals surface area contributed by atoms with Crippen LogP contribution < -0.4 is 16.6 Å². The van der Waals surface area contributed by atoms with Gasteiger partial charge in [-0.15, -0.1) is 0 Å². The van der Waals surface area contributed by atoms with E-state index in [0.29, 0.717) is 18.0 Å². The van der Waals surface area contributed by atoms with Crippen molar-refractivity contribution in [2.24, 2.45) is 11.3 Å². The molecule has 1 aromatic heterocycles. The van der Waals surface area contributed by atoms with Crippen molar-refractivity contribution in [1.29, 1.82) is 0 Å². The minimum absolute atomic E-state index is 0.0913. The first kappa shape index (κ1) is 15.0. The van der Waals surface area contributed by atoms with Crippen LogP contribution in [-0.2, 0) is 4.74 Å². The van der Waals surface area contributed by atoms with E-state index >= 15 is 0 Å². The number of nitrogen functional groups attached to an aromatic ring is 1. The van der Waals surface area contributed by atoms with Crippen molar-refractivity contribution in [2.75, 3.05) is 17.9 Å². The van der Waals surface area contributed by atoms with Gasteiger partial charge in [0.15, 0.2) is 0 Å². The van der Waals surface area contributed by atoms with E-state index in [0.717, 1.165) is 18.1 Å². The molecule has 20 heavy (non-hydrogen) atoms. The summed E-state index contributed by atoms with van der Waals surface area (Å²) < 4.78 is 5.47. The lowest BCUT2D eigenvalue weighted by Gasteiger charge is -2.51. The molecule has 0 saturated heterocycles. The summed E-state index contributed by atoms with van der Waals surface area (Å²) in [5.41, 5.74) is 2.69. The number of anilines is 2. The van der Waals surface area contributed by atoms with E-state index in [9.17, 15) is 0 Å². The van der Waals surface area contributed by atoms with Crippen LogP contribution in [0.2, 0.25) is 0 Å². The van der Waals surface area contributed by atoms with E-state index in [1.165, 1.54) is 0 Å². The highest BCUT2D eigenvalue weighted by molar-refractivity contribution is 5.48. The van der Waals surface area contributed by atoms with Crippen LogP contribution in [0.15, 0.2) is 6.07 Å². The molecule has 6 heteroatoms. The van der Waals surface area contributed by atoms with E-state index in [1.807, 2.05) is 6.07 Å². The molecule has 0 aliphatic heterocycles. The van der Waals surface area contributed by atoms with Crippen molar-refractivity contribution >= 4 is 11.6 Å². The Morgan fingerprint density at radius 1 is 1.35 bits per heavy atom. The molecule has 4 N–H and O–H groups in total. The lowest BCUT2D eigenvalue weighted by atomic mass is 9.64. The molecule has 1 aliphatic carbocycles. The van der Waals surface area contributed by atoms with Crippen molar-refractivity contribution in [3.05, 3.63) is 11.9 Å². The molecule has 1 aliphatic rings. The second kappa shape index (κ2) is 5.54. The van der Waals surface area contributed by atoms with Gasteiger partial charge >= 0.3 is 0 Å². The van der Waals surface area contributed by atoms with E-state index < -0.39 is 0 Å². The maximum absolute atomic E-state index is 5.47. The first-order chi connectivity index (χ1) is 9.38. The highest BCUT2D eigenvalue weighted by atomic mass is 16.5. The highest BCUT2D eigenvalue weighted by Gasteiger charge is 2.48. The van der Waals surface area contributed by atoms with Gasteiger partial charge in [-0.1, -0.05) is 27.7 Å². The fourth-order valence-corrected chi connectivity index (χ4v) is 2.58. The number of methoxy groups -OCH3 is 1. The van der Waals surface area contributed by atoms with E-state index in [-0.39, 0.29) is 11.3 Å². The van der Waals surface area contributed by atoms with Crippen molar-refractivity contribution in [1.82, 2.24) is 9.97 Å². The summed E-state index contributed by atoms with van der Waals surface area (Å²) in [5, 5.41) is 3.48. The third-order valence-corrected chi connectivity index (χ3v) is 4.19. The van der Waals surface area contributed by atoms with E-state index in [4.69, 9.17) is 10.6 Å². The van der Waals surface area contributed by atoms with Crippen LogP contribution in [0, 0.1) is 5.41 Å². The smallest absolute Gasteiger partial charge is 0.145 e. The minimum atomic E-state index is 0.0913. The third-order valence-electron chi connectivity index (χ3n) is 4.19. The van der Waals surface area contributed by atoms with Crippen molar-refractivity contribution < 1.29 is 4.74 Å². The number of ether oxygens (including phenoxy) is 1. The Hall–Kier alpha value is -1.40. The molecular formula is C14H25N5O. The van der Waals surface area contributed by atoms with Crippen LogP contribution in [0.4, 0.5) is 11.6 Å². The molecule has 0 amide bonds. The number of rotatable bonds is 5. The second-order valence-corrected chi connectivity index (χ2v) is 6.27. The van der Waals surface area contributed by atoms with Gasteiger partial charge < -0.3 is 15.5 Å². The summed E-state index contributed by atoms with van der Waals surface area (Å²) in [7, 11) is 1.76. The molecule has 112 valence electrons. The fraction of sp³-hybridized carbons (Fsp3) is 0.714. The second-order valence-electron chi connectivity index (χ2n) is 6.27. The van der Waals surface area contributed by atoms with Gasteiger partial charge in [0.05, 0.1) is 6.10 Å². The van der Waals surface area contributed by atoms with Crippen molar-refractivity contribution in [3.8, 4) is 0 Å². The minimum Gasteiger partial charge on any atom is -0.381 e. The number of aromatic nitrogens is 2. The summed E-state index contributed by atoms with van der Waals surface area (Å²) in [6, 6.07) is 2.18. The molecule has 0 aromatic carbocycles. The Bertz CT molecular complexity index is 475. The first-order valence-electron chi connectivity index (χ1n) is 7.03. The number of nitrogens with zero attached hydrogens (tertiary/aromatic N) is 2. The van der Waals surface area contributed by atoms with Crippen LogP contribution in [0.3, 0.4) is 0 Å². The average molecular weight is 279 g/mol. The summed E-state index contributed by atoms with van der Waals surface area (Å²) in [6.45, 7) is 8.53. The Labute approximate surface area is 120 Å². The quantitative estimate of drug-likeness (QED) is 0.565. The van der Waals surface area contributed by atoms with Crippen LogP contribution in [0.1, 0.15) is 45.9 Å². The number of hydrogen-bond donors (Lipinski definition) is 3. The molecule has 2 unspecified atom stereocenters. The Morgan fingerprint density at radius 2 is 2.00 bits per heavy atom. The molecule has 6 nitrogen and oxygen atoms in total. The zero-order valence-corrected chi connectivity index (χ0v) is 12.9. The van der Waals surface area contributed by atoms with Gasteiger partial charge in [-0.25, -0.2) is 15.8 Å². The molecule has 0 bridgehead atoms. The largest absolute Gasteiger partial charge is 0.381 e. The van der Waals surface area contributed by atoms with Gasteiger partial charge in [0, 0.05) is 30.6 Å². The molecule has 1 heterocycles. The summed E-state index contributed by atoms with van der Waals surface area (Å²) in [5.74, 6) is 7.95. The summed E-state index contributed by atoms with van der Waals surface area (Å²) in [4.78, 5) is 8.92. The molecule has 1 fully saturated rings. The zero-order chi connectivity index (χ0) is 14.9. The van der Waals surface area contributed by atoms with E-state index in [2.05, 4.69) is 48.4 Å². The highest BCUT2D eigenvalue weighted by Crippen LogP contribution is 2.43. The molecule has 0 spiro atoms. The number of hydrogen-bond acceptors (Lipinski definition) is 6. The molecule has 1 saturated carbocycles. The number of hydrazine groups is 1. The normalized spacial score (nSPS) is 24.4. The van der Waals surface area contributed by atoms with Crippen LogP contribution in [0.5, 0.6) is 0 Å². The zero-order valence-electron chi connectivity index (χ0n) is 12.9. The number of nitrogens with two attached hydrogens (primary N) is 1. The van der Waals surface area contributed by atoms with Crippen LogP contribution >= 0.6 is 0 Å². The molecule has 2 atom stereocenters. The van der Waals surface area contributed by atoms with E-state index in [1.54, 1.807) is 7.11 Å². The van der Waals surface area contributed by atoms with Crippen molar-refractivity contribution in [3.63, 3.8) is 0 Å². The van der Waals surface area contributed by atoms with Crippen molar-refractivity contribution in [2.45, 2.75) is 52.2 Å². The Kier molecular flexibility index (Phi) is 4.15. The van der Waals surface area contributed by atoms with Gasteiger partial charge in [0.25, 0.3) is 0 Å². The summed E-state index contributed by atoms with van der Waals surface area (Å²) in [6.07, 6.45) is 1.27. The van der Waals surface area contributed by atoms with Crippen LogP contribution in [0.25, 0.3) is 0 Å². The molecule has 2 rings (SSSR count). The lowest BCUT2D eigenvalue weighted by molar-refractivity contribution is -0.0795. The topological polar surface area (TPSA) is 85.1 Å². The van der Waals surface area contributed by atoms with Gasteiger partial charge in [-0.3, -0.25) is 0 Å². The maximum atomic E-state index is 5.47. The molecule has 1 aromatic rings. The number of nitrogens with one attached hydrogen (secondary N) is 2. The SMILES string of the molecule is COC1CC(Nc2cc(NN)nc(C(C)C)n2)C1(C)C. The Morgan fingerprint density at radius 3 is 2.50 bits per heavy atom. The molecular weight excluding hydrogens is 254 g/mol. The third kappa shape index (κ3) is 2.71. The van der Waals surface area contributed by atoms with Gasteiger partial charge in [0.1, 0.15) is 17.5 Å². The average Bonchev–Trinajstić information content (AvgIpc) is 2.42. The maximum Gasteiger partial charge on any atom is 0.145 e. The Balaban J connectivity index is 2.16. The van der Waals surface area contributed by atoms with Gasteiger partial charge in [-0.2, -0.15) is 0 Å². The molecule has 0 radical (unpaired) electrons. The predicted molar refractivity (Wildman–Crippen MR) is 80.5 cm³/mol. The predicted octanol–water partition coefficient (Wildman–Crippen LogP) is 2.11. The standard InChI is InChI=1S/C14H25N5O/c1-8(2)13-17-11(7-12(18-13)19-15)16-9-6-10(20-5)14(9,3)4/h7-10H,6,15H2,1-5H3,(H2,16,17,18,19). The van der Waals surface area contributed by atoms with Gasteiger partial charge in [-0.05, 0) is 6.42 Å². The van der Waals surface area contributed by atoms with Crippen LogP contribution in [-0.4, -0.2) is 29.2 Å². The van der Waals surface area contributed by atoms with Gasteiger partial charge in [0.2, 0.25) is 0 Å². The fourth-order valence-electron chi connectivity index (χ4n) is 2.58. The summed E-state index contributed by atoms with van der Waals surface area (Å²) >= 11 is 0. The monoisotopic (exact) mass is 279 g/mol. The lowest BCUT2D eigenvalue weighted by Crippen LogP contribution is -2.57. The first-order valence-corrected chi connectivity index (χ1v) is 7.03.